The molecule has 24 heavy (non-hydrogen) atoms. The van der Waals surface area contributed by atoms with Gasteiger partial charge in [-0.3, -0.25) is 0 Å². The first-order valence-corrected chi connectivity index (χ1v) is 10.7. The summed E-state index contributed by atoms with van der Waals surface area (Å²) in [7, 11) is 0. The molecule has 4 fully saturated rings. The number of hydrogen-bond acceptors (Lipinski definition) is 2. The average molecular weight is 335 g/mol. The molecule has 138 valence electrons. The fraction of sp³-hybridized carbons (Fsp3) is 1.00. The Labute approximate surface area is 149 Å². The Morgan fingerprint density at radius 1 is 0.625 bits per heavy atom. The van der Waals surface area contributed by atoms with E-state index in [1.807, 2.05) is 0 Å². The van der Waals surface area contributed by atoms with Crippen molar-refractivity contribution in [3.05, 3.63) is 0 Å². The molecule has 0 radical (unpaired) electrons. The van der Waals surface area contributed by atoms with Crippen LogP contribution in [0.15, 0.2) is 0 Å². The van der Waals surface area contributed by atoms with Crippen molar-refractivity contribution in [3.63, 3.8) is 0 Å². The van der Waals surface area contributed by atoms with Gasteiger partial charge in [0, 0.05) is 0 Å². The Hall–Kier alpha value is -0.0800. The third-order valence-electron chi connectivity index (χ3n) is 8.11. The maximum absolute atomic E-state index is 5.74. The molecule has 4 aliphatic rings. The summed E-state index contributed by atoms with van der Waals surface area (Å²) >= 11 is 0. The van der Waals surface area contributed by atoms with Crippen molar-refractivity contribution in [1.82, 2.24) is 0 Å². The standard InChI is InChI=1S/C22H38O2/c1-21(2,15-7-9-17-19(13-15)23-17)11-5-6-12-22(3,4)16-8-10-18-20(14-16)24-18/h15-20H,5-14H2,1-4H3. The highest BCUT2D eigenvalue weighted by molar-refractivity contribution is 4.97. The van der Waals surface area contributed by atoms with Crippen molar-refractivity contribution >= 4 is 0 Å². The fourth-order valence-corrected chi connectivity index (χ4v) is 5.80. The molecule has 0 aromatic heterocycles. The molecule has 6 atom stereocenters. The summed E-state index contributed by atoms with van der Waals surface area (Å²) in [5.41, 5.74) is 1.00. The predicted molar refractivity (Wildman–Crippen MR) is 98.0 cm³/mol. The van der Waals surface area contributed by atoms with Gasteiger partial charge in [-0.15, -0.1) is 0 Å². The number of hydrogen-bond donors (Lipinski definition) is 0. The van der Waals surface area contributed by atoms with Gasteiger partial charge in [-0.2, -0.15) is 0 Å². The second-order valence-electron chi connectivity index (χ2n) is 10.6. The summed E-state index contributed by atoms with van der Waals surface area (Å²) in [5, 5.41) is 0. The minimum Gasteiger partial charge on any atom is -0.370 e. The number of fused-ring (bicyclic) bond motifs is 2. The zero-order valence-corrected chi connectivity index (χ0v) is 16.4. The van der Waals surface area contributed by atoms with Crippen LogP contribution in [0.4, 0.5) is 0 Å². The molecular formula is C22H38O2. The van der Waals surface area contributed by atoms with E-state index in [4.69, 9.17) is 9.47 Å². The fourth-order valence-electron chi connectivity index (χ4n) is 5.80. The summed E-state index contributed by atoms with van der Waals surface area (Å²) in [6.07, 6.45) is 16.2. The van der Waals surface area contributed by atoms with Crippen LogP contribution in [-0.4, -0.2) is 24.4 Å². The molecule has 0 N–H and O–H groups in total. The molecule has 2 aliphatic heterocycles. The van der Waals surface area contributed by atoms with Gasteiger partial charge in [0.05, 0.1) is 24.4 Å². The first-order valence-electron chi connectivity index (χ1n) is 10.7. The quantitative estimate of drug-likeness (QED) is 0.438. The van der Waals surface area contributed by atoms with Crippen LogP contribution >= 0.6 is 0 Å². The summed E-state index contributed by atoms with van der Waals surface area (Å²) in [6, 6.07) is 0. The van der Waals surface area contributed by atoms with Crippen LogP contribution in [0.1, 0.15) is 91.9 Å². The molecule has 6 unspecified atom stereocenters. The normalized spacial score (nSPS) is 41.5. The van der Waals surface area contributed by atoms with Crippen LogP contribution in [0.25, 0.3) is 0 Å². The highest BCUT2D eigenvalue weighted by atomic mass is 16.6. The van der Waals surface area contributed by atoms with Gasteiger partial charge in [0.1, 0.15) is 0 Å². The Balaban J connectivity index is 1.19. The van der Waals surface area contributed by atoms with Crippen LogP contribution in [-0.2, 0) is 9.47 Å². The van der Waals surface area contributed by atoms with Gasteiger partial charge in [0.15, 0.2) is 0 Å². The van der Waals surface area contributed by atoms with Crippen molar-refractivity contribution < 1.29 is 9.47 Å². The molecular weight excluding hydrogens is 296 g/mol. The van der Waals surface area contributed by atoms with E-state index in [1.165, 1.54) is 64.2 Å². The molecule has 0 amide bonds. The maximum Gasteiger partial charge on any atom is 0.0844 e. The molecule has 0 spiro atoms. The summed E-state index contributed by atoms with van der Waals surface area (Å²) in [6.45, 7) is 10.0. The van der Waals surface area contributed by atoms with E-state index in [1.54, 1.807) is 0 Å². The smallest absolute Gasteiger partial charge is 0.0844 e. The van der Waals surface area contributed by atoms with Crippen molar-refractivity contribution in [3.8, 4) is 0 Å². The van der Waals surface area contributed by atoms with E-state index in [-0.39, 0.29) is 0 Å². The second-order valence-corrected chi connectivity index (χ2v) is 10.6. The molecule has 2 nitrogen and oxygen atoms in total. The predicted octanol–water partition coefficient (Wildman–Crippen LogP) is 5.73. The van der Waals surface area contributed by atoms with E-state index in [9.17, 15) is 0 Å². The molecule has 0 aromatic carbocycles. The molecule has 2 saturated carbocycles. The minimum absolute atomic E-state index is 0.501. The Morgan fingerprint density at radius 2 is 1.04 bits per heavy atom. The van der Waals surface area contributed by atoms with Crippen molar-refractivity contribution in [2.24, 2.45) is 22.7 Å². The zero-order chi connectivity index (χ0) is 16.9. The molecule has 2 aliphatic carbocycles. The van der Waals surface area contributed by atoms with E-state index >= 15 is 0 Å². The molecule has 4 rings (SSSR count). The lowest BCUT2D eigenvalue weighted by Crippen LogP contribution is -2.30. The van der Waals surface area contributed by atoms with Crippen LogP contribution < -0.4 is 0 Å². The first-order chi connectivity index (χ1) is 11.4. The monoisotopic (exact) mass is 334 g/mol. The van der Waals surface area contributed by atoms with Gasteiger partial charge in [0.2, 0.25) is 0 Å². The molecule has 0 aromatic rings. The lowest BCUT2D eigenvalue weighted by Gasteiger charge is -2.38. The Morgan fingerprint density at radius 3 is 1.42 bits per heavy atom. The average Bonchev–Trinajstić information content (AvgIpc) is 3.43. The minimum atomic E-state index is 0.501. The SMILES string of the molecule is CC(C)(CCCCC(C)(C)C1CCC2OC2C1)C1CCC2OC2C1. The van der Waals surface area contributed by atoms with Crippen molar-refractivity contribution in [2.75, 3.05) is 0 Å². The Bertz CT molecular complexity index is 413. The van der Waals surface area contributed by atoms with Gasteiger partial charge in [0.25, 0.3) is 0 Å². The molecule has 2 saturated heterocycles. The van der Waals surface area contributed by atoms with Gasteiger partial charge in [-0.25, -0.2) is 0 Å². The highest BCUT2D eigenvalue weighted by Crippen LogP contribution is 2.50. The van der Waals surface area contributed by atoms with Crippen molar-refractivity contribution in [1.29, 1.82) is 0 Å². The second kappa shape index (κ2) is 6.27. The Kier molecular flexibility index (Phi) is 4.53. The molecule has 2 heterocycles. The lowest BCUT2D eigenvalue weighted by molar-refractivity contribution is 0.132. The molecule has 2 heteroatoms. The summed E-state index contributed by atoms with van der Waals surface area (Å²) < 4.78 is 11.5. The summed E-state index contributed by atoms with van der Waals surface area (Å²) in [5.74, 6) is 1.77. The maximum atomic E-state index is 5.74. The van der Waals surface area contributed by atoms with Crippen LogP contribution in [0.5, 0.6) is 0 Å². The molecule has 0 bridgehead atoms. The number of ether oxygens (including phenoxy) is 2. The summed E-state index contributed by atoms with van der Waals surface area (Å²) in [4.78, 5) is 0. The third-order valence-corrected chi connectivity index (χ3v) is 8.11. The van der Waals surface area contributed by atoms with Crippen LogP contribution in [0, 0.1) is 22.7 Å². The lowest BCUT2D eigenvalue weighted by atomic mass is 9.67. The van der Waals surface area contributed by atoms with Gasteiger partial charge >= 0.3 is 0 Å². The van der Waals surface area contributed by atoms with E-state index in [2.05, 4.69) is 27.7 Å². The number of unbranched alkanes of at least 4 members (excludes halogenated alkanes) is 1. The zero-order valence-electron chi connectivity index (χ0n) is 16.4. The first kappa shape index (κ1) is 17.3. The number of epoxide rings is 2. The van der Waals surface area contributed by atoms with E-state index < -0.39 is 0 Å². The topological polar surface area (TPSA) is 25.1 Å². The van der Waals surface area contributed by atoms with Crippen molar-refractivity contribution in [2.45, 2.75) is 116 Å². The van der Waals surface area contributed by atoms with Crippen LogP contribution in [0.3, 0.4) is 0 Å². The number of rotatable bonds is 7. The third kappa shape index (κ3) is 3.70. The van der Waals surface area contributed by atoms with Gasteiger partial charge in [-0.05, 0) is 74.0 Å². The van der Waals surface area contributed by atoms with E-state index in [0.29, 0.717) is 35.2 Å². The van der Waals surface area contributed by atoms with Gasteiger partial charge in [-0.1, -0.05) is 40.5 Å². The van der Waals surface area contributed by atoms with Crippen LogP contribution in [0.2, 0.25) is 0 Å². The van der Waals surface area contributed by atoms with E-state index in [0.717, 1.165) is 11.8 Å². The van der Waals surface area contributed by atoms with Gasteiger partial charge < -0.3 is 9.47 Å². The largest absolute Gasteiger partial charge is 0.370 e. The highest BCUT2D eigenvalue weighted by Gasteiger charge is 2.48.